The summed E-state index contributed by atoms with van der Waals surface area (Å²) in [5, 5.41) is 26.6. The van der Waals surface area contributed by atoms with Gasteiger partial charge < -0.3 is 50.9 Å². The van der Waals surface area contributed by atoms with Gasteiger partial charge in [-0.05, 0) is 12.3 Å². The number of phosphoric ester groups is 3. The van der Waals surface area contributed by atoms with Gasteiger partial charge in [0.25, 0.3) is 0 Å². The number of aliphatic hydroxyl groups excluding tert-OH is 2. The van der Waals surface area contributed by atoms with Crippen molar-refractivity contribution in [2.45, 2.75) is 129 Å². The first kappa shape index (κ1) is 54.9. The predicted molar refractivity (Wildman–Crippen MR) is 228 cm³/mol. The number of aliphatic hydroxyl groups is 2. The summed E-state index contributed by atoms with van der Waals surface area (Å²) < 4.78 is 62.3. The first-order chi connectivity index (χ1) is 29.4. The zero-order valence-electron chi connectivity index (χ0n) is 35.7. The molecule has 8 unspecified atom stereocenters. The van der Waals surface area contributed by atoms with Crippen LogP contribution in [-0.2, 0) is 50.7 Å². The van der Waals surface area contributed by atoms with E-state index in [1.54, 1.807) is 0 Å². The maximum Gasteiger partial charge on any atom is 0.481 e. The highest BCUT2D eigenvalue weighted by Crippen LogP contribution is 2.61. The lowest BCUT2D eigenvalue weighted by molar-refractivity contribution is -0.137. The molecule has 2 amide bonds. The summed E-state index contributed by atoms with van der Waals surface area (Å²) in [6, 6.07) is 0. The van der Waals surface area contributed by atoms with Gasteiger partial charge in [0.15, 0.2) is 22.8 Å². The molecule has 10 N–H and O–H groups in total. The molecule has 360 valence electrons. The monoisotopic (exact) mass is 977 g/mol. The van der Waals surface area contributed by atoms with Gasteiger partial charge in [-0.1, -0.05) is 90.8 Å². The summed E-state index contributed by atoms with van der Waals surface area (Å²) in [7, 11) is -16.4. The lowest BCUT2D eigenvalue weighted by Gasteiger charge is -2.30. The quantitative estimate of drug-likeness (QED) is 0.0401. The summed E-state index contributed by atoms with van der Waals surface area (Å²) in [5.41, 5.74) is 4.28. The Balaban J connectivity index is 1.36. The number of amides is 2. The number of hydrogen-bond donors (Lipinski definition) is 9. The summed E-state index contributed by atoms with van der Waals surface area (Å²) in [6.45, 7) is 5.09. The van der Waals surface area contributed by atoms with Crippen LogP contribution in [0.4, 0.5) is 5.82 Å². The van der Waals surface area contributed by atoms with Gasteiger partial charge >= 0.3 is 23.5 Å². The van der Waals surface area contributed by atoms with E-state index in [1.165, 1.54) is 52.4 Å². The van der Waals surface area contributed by atoms with Crippen molar-refractivity contribution in [1.82, 2.24) is 30.2 Å². The lowest BCUT2D eigenvalue weighted by atomic mass is 9.87. The number of nitrogens with one attached hydrogen (secondary N) is 2. The van der Waals surface area contributed by atoms with E-state index in [2.05, 4.69) is 48.3 Å². The predicted octanol–water partition coefficient (Wildman–Crippen LogP) is 3.22. The molecule has 1 aliphatic heterocycles. The van der Waals surface area contributed by atoms with Crippen LogP contribution in [0.15, 0.2) is 12.7 Å². The molecule has 1 fully saturated rings. The highest BCUT2D eigenvalue weighted by atomic mass is 32.2. The fourth-order valence-electron chi connectivity index (χ4n) is 6.36. The van der Waals surface area contributed by atoms with Crippen molar-refractivity contribution >= 4 is 69.1 Å². The summed E-state index contributed by atoms with van der Waals surface area (Å²) in [5.74, 6) is -0.259. The third kappa shape index (κ3) is 19.1. The van der Waals surface area contributed by atoms with E-state index in [1.807, 2.05) is 0 Å². The molecule has 0 bridgehead atoms. The molecule has 0 aliphatic carbocycles. The van der Waals surface area contributed by atoms with Gasteiger partial charge in [0.1, 0.15) is 36.3 Å². The van der Waals surface area contributed by atoms with E-state index in [-0.39, 0.29) is 41.6 Å². The van der Waals surface area contributed by atoms with Crippen LogP contribution < -0.4 is 16.4 Å². The molecule has 0 radical (unpaired) electrons. The number of carbonyl (C=O) groups is 3. The Bertz CT molecular complexity index is 1940. The Morgan fingerprint density at radius 2 is 1.62 bits per heavy atom. The summed E-state index contributed by atoms with van der Waals surface area (Å²) in [6.07, 6.45) is 3.99. The van der Waals surface area contributed by atoms with Gasteiger partial charge in [-0.15, -0.1) is 0 Å². The van der Waals surface area contributed by atoms with E-state index >= 15 is 0 Å². The fourth-order valence-corrected chi connectivity index (χ4v) is 9.91. The average molecular weight is 978 g/mol. The van der Waals surface area contributed by atoms with E-state index in [0.29, 0.717) is 12.2 Å². The van der Waals surface area contributed by atoms with Crippen LogP contribution >= 0.6 is 35.2 Å². The second-order valence-corrected chi connectivity index (χ2v) is 21.2. The van der Waals surface area contributed by atoms with Crippen molar-refractivity contribution in [3.8, 4) is 0 Å². The fraction of sp³-hybridized carbons (Fsp3) is 0.771. The number of aromatic nitrogens is 4. The van der Waals surface area contributed by atoms with Crippen LogP contribution in [0.2, 0.25) is 0 Å². The molecular weight excluding hydrogens is 915 g/mol. The topological polar surface area (TPSA) is 364 Å². The second kappa shape index (κ2) is 25.5. The van der Waals surface area contributed by atoms with Crippen LogP contribution in [0.25, 0.3) is 11.2 Å². The van der Waals surface area contributed by atoms with Gasteiger partial charge in [0.2, 0.25) is 11.8 Å². The molecule has 0 saturated carbocycles. The largest absolute Gasteiger partial charge is 0.481 e. The van der Waals surface area contributed by atoms with E-state index in [9.17, 15) is 57.9 Å². The standard InChI is InChI=1S/C35H62N7O17P3S/c1-5-6-12-23(2)13-10-8-7-9-11-14-26(44)63-18-17-37-25(43)15-16-38-33(47)30(46)35(3,4)20-56-62(53,54)59-61(51,52)55-19-24-29(58-60(48,49)50)28(45)34(57-24)42-22-41-27-31(36)39-21-40-32(27)42/h21-24,28-30,34,45-46H,5-20H2,1-4H3,(H,37,43)(H,38,47)(H,51,52)(H,53,54)(H2,36,39,40)(H2,48,49,50). The number of carbonyl (C=O) groups excluding carboxylic acids is 3. The first-order valence-corrected chi connectivity index (χ1v) is 26.0. The van der Waals surface area contributed by atoms with E-state index < -0.39 is 84.6 Å². The number of thioether (sulfide) groups is 1. The Morgan fingerprint density at radius 3 is 2.32 bits per heavy atom. The van der Waals surface area contributed by atoms with Gasteiger partial charge in [-0.25, -0.2) is 28.6 Å². The van der Waals surface area contributed by atoms with Gasteiger partial charge in [-0.3, -0.25) is 32.5 Å². The van der Waals surface area contributed by atoms with Crippen LogP contribution in [-0.4, -0.2) is 123 Å². The highest BCUT2D eigenvalue weighted by Gasteiger charge is 2.50. The van der Waals surface area contributed by atoms with Crippen molar-refractivity contribution < 1.29 is 80.5 Å². The Hall–Kier alpha value is -2.44. The van der Waals surface area contributed by atoms with Crippen LogP contribution in [0.1, 0.15) is 105 Å². The van der Waals surface area contributed by atoms with Crippen LogP contribution in [0, 0.1) is 11.3 Å². The van der Waals surface area contributed by atoms with E-state index in [4.69, 9.17) is 19.5 Å². The van der Waals surface area contributed by atoms with Crippen molar-refractivity contribution in [2.75, 3.05) is 37.8 Å². The van der Waals surface area contributed by atoms with Crippen molar-refractivity contribution in [3.05, 3.63) is 12.7 Å². The van der Waals surface area contributed by atoms with Crippen molar-refractivity contribution in [3.63, 3.8) is 0 Å². The number of hydrogen-bond acceptors (Lipinski definition) is 18. The third-order valence-corrected chi connectivity index (χ3v) is 13.9. The minimum atomic E-state index is -5.57. The maximum atomic E-state index is 12.7. The highest BCUT2D eigenvalue weighted by molar-refractivity contribution is 8.13. The molecule has 63 heavy (non-hydrogen) atoms. The molecule has 0 spiro atoms. The molecule has 1 aliphatic rings. The lowest BCUT2D eigenvalue weighted by Crippen LogP contribution is -2.46. The van der Waals surface area contributed by atoms with Gasteiger partial charge in [0.05, 0.1) is 19.5 Å². The Morgan fingerprint density at radius 1 is 0.952 bits per heavy atom. The number of nitrogens with two attached hydrogens (primary N) is 1. The van der Waals surface area contributed by atoms with Crippen molar-refractivity contribution in [2.24, 2.45) is 11.3 Å². The number of rotatable bonds is 30. The maximum absolute atomic E-state index is 12.7. The van der Waals surface area contributed by atoms with Gasteiger partial charge in [0, 0.05) is 37.1 Å². The molecule has 2 aromatic heterocycles. The molecule has 2 aromatic rings. The molecule has 3 heterocycles. The number of fused-ring (bicyclic) bond motifs is 1. The molecule has 1 saturated heterocycles. The smallest absolute Gasteiger partial charge is 0.386 e. The summed E-state index contributed by atoms with van der Waals surface area (Å²) in [4.78, 5) is 88.2. The molecule has 8 atom stereocenters. The molecular formula is C35H62N7O17P3S. The number of unbranched alkanes of at least 4 members (excludes halogenated alkanes) is 5. The number of anilines is 1. The Kier molecular flexibility index (Phi) is 22.2. The zero-order valence-corrected chi connectivity index (χ0v) is 39.2. The normalized spacial score (nSPS) is 21.1. The molecule has 0 aromatic carbocycles. The minimum absolute atomic E-state index is 0.0332. The van der Waals surface area contributed by atoms with Crippen molar-refractivity contribution in [1.29, 1.82) is 0 Å². The number of imidazole rings is 1. The Labute approximate surface area is 369 Å². The molecule has 28 heteroatoms. The number of phosphoric acid groups is 3. The number of nitrogens with zero attached hydrogens (tertiary/aromatic N) is 4. The molecule has 3 rings (SSSR count). The number of nitrogen functional groups attached to an aromatic ring is 1. The van der Waals surface area contributed by atoms with Crippen LogP contribution in [0.3, 0.4) is 0 Å². The first-order valence-electron chi connectivity index (χ1n) is 20.5. The zero-order chi connectivity index (χ0) is 47.0. The average Bonchev–Trinajstić information content (AvgIpc) is 3.76. The summed E-state index contributed by atoms with van der Waals surface area (Å²) >= 11 is 1.15. The molecule has 24 nitrogen and oxygen atoms in total. The third-order valence-electron chi connectivity index (χ3n) is 9.89. The van der Waals surface area contributed by atoms with Crippen LogP contribution in [0.5, 0.6) is 0 Å². The second-order valence-electron chi connectivity index (χ2n) is 15.8. The van der Waals surface area contributed by atoms with E-state index in [0.717, 1.165) is 54.2 Å². The number of ether oxygens (including phenoxy) is 1. The SMILES string of the molecule is CCCCC(C)CCCCCCCC(=O)SCCNC(=O)CCNC(=O)C(O)C(C)(C)COP(=O)(O)OP(=O)(O)OCC1OC(n2cnc3c(N)ncnc32)C(O)C1OP(=O)(O)O. The van der Waals surface area contributed by atoms with Gasteiger partial charge in [-0.2, -0.15) is 4.31 Å². The minimum Gasteiger partial charge on any atom is -0.386 e.